The normalized spacial score (nSPS) is 6.67. The molecule has 62 valence electrons. The molecule has 1 rings (SSSR count). The van der Waals surface area contributed by atoms with Gasteiger partial charge in [0.15, 0.2) is 0 Å². The van der Waals surface area contributed by atoms with Gasteiger partial charge in [-0.2, -0.15) is 0 Å². The molecular formula is C6H6CaCl2N2O. The van der Waals surface area contributed by atoms with Gasteiger partial charge in [0.2, 0.25) is 5.91 Å². The van der Waals surface area contributed by atoms with Gasteiger partial charge in [-0.3, -0.25) is 9.78 Å². The van der Waals surface area contributed by atoms with Gasteiger partial charge in [-0.05, 0) is 12.1 Å². The first kappa shape index (κ1) is 18.3. The fraction of sp³-hybridized carbons (Fsp3) is 0. The van der Waals surface area contributed by atoms with E-state index in [9.17, 15) is 4.79 Å². The predicted molar refractivity (Wildman–Crippen MR) is 38.5 cm³/mol. The molecule has 6 heteroatoms. The van der Waals surface area contributed by atoms with E-state index in [-0.39, 0.29) is 62.6 Å². The minimum atomic E-state index is -0.442. The number of pyridine rings is 1. The van der Waals surface area contributed by atoms with Gasteiger partial charge in [-0.1, -0.05) is 0 Å². The summed E-state index contributed by atoms with van der Waals surface area (Å²) in [5.74, 6) is -0.442. The van der Waals surface area contributed by atoms with Gasteiger partial charge < -0.3 is 30.5 Å². The molecule has 1 amide bonds. The van der Waals surface area contributed by atoms with Crippen molar-refractivity contribution in [1.82, 2.24) is 4.98 Å². The largest absolute Gasteiger partial charge is 2.00 e. The van der Waals surface area contributed by atoms with Crippen LogP contribution in [0.15, 0.2) is 24.5 Å². The van der Waals surface area contributed by atoms with Crippen LogP contribution in [0.3, 0.4) is 0 Å². The SMILES string of the molecule is NC(=O)c1cccnc1.[Ca+2].[Cl-].[Cl-]. The van der Waals surface area contributed by atoms with E-state index < -0.39 is 5.91 Å². The van der Waals surface area contributed by atoms with Crippen molar-refractivity contribution in [3.05, 3.63) is 30.1 Å². The number of amides is 1. The Bertz CT molecular complexity index is 220. The van der Waals surface area contributed by atoms with Crippen molar-refractivity contribution in [2.75, 3.05) is 0 Å². The summed E-state index contributed by atoms with van der Waals surface area (Å²) in [6.45, 7) is 0. The molecule has 0 saturated heterocycles. The van der Waals surface area contributed by atoms with Gasteiger partial charge in [0.25, 0.3) is 0 Å². The Hall–Kier alpha value is 0.460. The fourth-order valence-corrected chi connectivity index (χ4v) is 0.509. The molecule has 0 unspecified atom stereocenters. The third-order valence-corrected chi connectivity index (χ3v) is 0.946. The van der Waals surface area contributed by atoms with Gasteiger partial charge in [-0.25, -0.2) is 0 Å². The average molecular weight is 233 g/mol. The Kier molecular flexibility index (Phi) is 14.5. The van der Waals surface area contributed by atoms with Crippen LogP contribution in [0.2, 0.25) is 0 Å². The van der Waals surface area contributed by atoms with Crippen LogP contribution in [0.25, 0.3) is 0 Å². The molecule has 0 bridgehead atoms. The van der Waals surface area contributed by atoms with Crippen molar-refractivity contribution in [1.29, 1.82) is 0 Å². The monoisotopic (exact) mass is 232 g/mol. The van der Waals surface area contributed by atoms with E-state index in [0.717, 1.165) is 0 Å². The summed E-state index contributed by atoms with van der Waals surface area (Å²) in [6, 6.07) is 3.29. The van der Waals surface area contributed by atoms with Crippen LogP contribution in [0.5, 0.6) is 0 Å². The van der Waals surface area contributed by atoms with Crippen LogP contribution < -0.4 is 30.5 Å². The molecule has 0 spiro atoms. The molecule has 0 saturated carbocycles. The maximum atomic E-state index is 10.4. The van der Waals surface area contributed by atoms with Gasteiger partial charge >= 0.3 is 37.7 Å². The molecule has 0 aliphatic heterocycles. The molecule has 3 nitrogen and oxygen atoms in total. The first-order chi connectivity index (χ1) is 4.30. The Morgan fingerprint density at radius 2 is 2.00 bits per heavy atom. The Morgan fingerprint density at radius 1 is 1.42 bits per heavy atom. The van der Waals surface area contributed by atoms with Crippen LogP contribution >= 0.6 is 0 Å². The van der Waals surface area contributed by atoms with E-state index in [0.29, 0.717) is 5.56 Å². The van der Waals surface area contributed by atoms with Gasteiger partial charge in [0, 0.05) is 12.4 Å². The molecular weight excluding hydrogens is 227 g/mol. The zero-order valence-electron chi connectivity index (χ0n) is 6.21. The molecule has 2 N–H and O–H groups in total. The first-order valence-corrected chi connectivity index (χ1v) is 2.50. The van der Waals surface area contributed by atoms with Gasteiger partial charge in [-0.15, -0.1) is 0 Å². The maximum absolute atomic E-state index is 10.4. The molecule has 0 aliphatic rings. The van der Waals surface area contributed by atoms with Crippen LogP contribution in [-0.4, -0.2) is 48.6 Å². The molecule has 1 heterocycles. The summed E-state index contributed by atoms with van der Waals surface area (Å²) in [6.07, 6.45) is 3.02. The minimum absolute atomic E-state index is 0. The summed E-state index contributed by atoms with van der Waals surface area (Å²) < 4.78 is 0. The number of aromatic nitrogens is 1. The quantitative estimate of drug-likeness (QED) is 0.491. The Balaban J connectivity index is -0.000000270. The summed E-state index contributed by atoms with van der Waals surface area (Å²) in [4.78, 5) is 14.1. The summed E-state index contributed by atoms with van der Waals surface area (Å²) >= 11 is 0. The summed E-state index contributed by atoms with van der Waals surface area (Å²) in [5, 5.41) is 0. The molecule has 0 radical (unpaired) electrons. The maximum Gasteiger partial charge on any atom is 2.00 e. The molecule has 0 fully saturated rings. The van der Waals surface area contributed by atoms with Crippen LogP contribution in [0.1, 0.15) is 10.4 Å². The van der Waals surface area contributed by atoms with E-state index in [1.54, 1.807) is 18.3 Å². The Labute approximate surface area is 113 Å². The number of carbonyl (C=O) groups is 1. The predicted octanol–water partition coefficient (Wildman–Crippen LogP) is -6.19. The zero-order valence-corrected chi connectivity index (χ0v) is 9.93. The number of hydrogen-bond donors (Lipinski definition) is 1. The van der Waals surface area contributed by atoms with Crippen molar-refractivity contribution in [2.45, 2.75) is 0 Å². The van der Waals surface area contributed by atoms with Crippen LogP contribution in [-0.2, 0) is 0 Å². The van der Waals surface area contributed by atoms with E-state index in [4.69, 9.17) is 5.73 Å². The molecule has 12 heavy (non-hydrogen) atoms. The number of carbonyl (C=O) groups excluding carboxylic acids is 1. The van der Waals surface area contributed by atoms with Gasteiger partial charge in [0.05, 0.1) is 5.56 Å². The van der Waals surface area contributed by atoms with Crippen molar-refractivity contribution in [3.8, 4) is 0 Å². The van der Waals surface area contributed by atoms with E-state index in [1.807, 2.05) is 0 Å². The third-order valence-electron chi connectivity index (χ3n) is 0.946. The topological polar surface area (TPSA) is 56.0 Å². The second-order valence-corrected chi connectivity index (χ2v) is 1.61. The molecule has 0 aromatic carbocycles. The zero-order chi connectivity index (χ0) is 6.69. The smallest absolute Gasteiger partial charge is 1.00 e. The third kappa shape index (κ3) is 6.03. The van der Waals surface area contributed by atoms with Crippen molar-refractivity contribution >= 4 is 43.6 Å². The van der Waals surface area contributed by atoms with E-state index in [2.05, 4.69) is 4.98 Å². The van der Waals surface area contributed by atoms with E-state index in [1.165, 1.54) is 6.20 Å². The molecule has 1 aromatic heterocycles. The first-order valence-electron chi connectivity index (χ1n) is 2.50. The number of halogens is 2. The van der Waals surface area contributed by atoms with Crippen molar-refractivity contribution in [2.24, 2.45) is 5.73 Å². The molecule has 1 aromatic rings. The van der Waals surface area contributed by atoms with Crippen molar-refractivity contribution < 1.29 is 29.6 Å². The number of nitrogens with two attached hydrogens (primary N) is 1. The van der Waals surface area contributed by atoms with Crippen molar-refractivity contribution in [3.63, 3.8) is 0 Å². The molecule has 0 aliphatic carbocycles. The fourth-order valence-electron chi connectivity index (χ4n) is 0.509. The molecule has 0 atom stereocenters. The standard InChI is InChI=1S/C6H6N2O.Ca.2ClH/c7-6(9)5-2-1-3-8-4-5;;;/h1-4H,(H2,7,9);;2*1H/q;+2;;/p-2. The second kappa shape index (κ2) is 9.55. The number of rotatable bonds is 1. The number of nitrogens with zero attached hydrogens (tertiary/aromatic N) is 1. The minimum Gasteiger partial charge on any atom is -1.00 e. The van der Waals surface area contributed by atoms with Crippen LogP contribution in [0.4, 0.5) is 0 Å². The average Bonchev–Trinajstić information content (AvgIpc) is 1.90. The summed E-state index contributed by atoms with van der Waals surface area (Å²) in [5.41, 5.74) is 5.38. The Morgan fingerprint density at radius 3 is 2.25 bits per heavy atom. The number of hydrogen-bond acceptors (Lipinski definition) is 2. The van der Waals surface area contributed by atoms with Gasteiger partial charge in [0.1, 0.15) is 0 Å². The summed E-state index contributed by atoms with van der Waals surface area (Å²) in [7, 11) is 0. The van der Waals surface area contributed by atoms with E-state index >= 15 is 0 Å². The number of primary amides is 1. The second-order valence-electron chi connectivity index (χ2n) is 1.61. The van der Waals surface area contributed by atoms with Crippen LogP contribution in [0, 0.1) is 0 Å².